The second-order valence-electron chi connectivity index (χ2n) is 3.73. The van der Waals surface area contributed by atoms with Crippen molar-refractivity contribution in [3.8, 4) is 6.26 Å². The van der Waals surface area contributed by atoms with Crippen LogP contribution in [0.1, 0.15) is 25.7 Å². The molecule has 0 radical (unpaired) electrons. The molecule has 0 aromatic carbocycles. The molecular formula is C10H14N2O2. The molecule has 76 valence electrons. The second-order valence-corrected chi connectivity index (χ2v) is 3.73. The molecule has 0 bridgehead atoms. The predicted molar refractivity (Wildman–Crippen MR) is 50.0 cm³/mol. The molecule has 2 unspecified atom stereocenters. The first-order valence-electron chi connectivity index (χ1n) is 4.91. The van der Waals surface area contributed by atoms with Crippen LogP contribution in [0.3, 0.4) is 0 Å². The molecule has 0 aromatic rings. The van der Waals surface area contributed by atoms with E-state index in [-0.39, 0.29) is 0 Å². The average molecular weight is 194 g/mol. The van der Waals surface area contributed by atoms with E-state index < -0.39 is 0 Å². The first-order valence-corrected chi connectivity index (χ1v) is 4.91. The molecule has 0 saturated heterocycles. The molecule has 4 heteroatoms. The fourth-order valence-electron chi connectivity index (χ4n) is 2.04. The maximum atomic E-state index is 9.94. The van der Waals surface area contributed by atoms with Crippen molar-refractivity contribution >= 4 is 6.08 Å². The van der Waals surface area contributed by atoms with E-state index >= 15 is 0 Å². The van der Waals surface area contributed by atoms with E-state index in [1.165, 1.54) is 0 Å². The van der Waals surface area contributed by atoms with Gasteiger partial charge in [0, 0.05) is 0 Å². The van der Waals surface area contributed by atoms with Crippen LogP contribution in [0.15, 0.2) is 4.99 Å². The maximum Gasteiger partial charge on any atom is 0.286 e. The molecule has 1 aliphatic rings. The zero-order valence-electron chi connectivity index (χ0n) is 8.11. The molecule has 0 aromatic heterocycles. The second kappa shape index (κ2) is 6.17. The Labute approximate surface area is 83.6 Å². The molecule has 0 aliphatic heterocycles. The number of nitrogens with zero attached hydrogens (tertiary/aromatic N) is 2. The van der Waals surface area contributed by atoms with Crippen molar-refractivity contribution < 1.29 is 9.53 Å². The van der Waals surface area contributed by atoms with Crippen LogP contribution in [-0.2, 0) is 9.53 Å². The number of rotatable bonds is 4. The molecule has 14 heavy (non-hydrogen) atoms. The molecule has 4 nitrogen and oxygen atoms in total. The third kappa shape index (κ3) is 3.59. The van der Waals surface area contributed by atoms with Crippen LogP contribution in [0.25, 0.3) is 0 Å². The minimum atomic E-state index is 0.454. The normalized spacial score (nSPS) is 25.9. The van der Waals surface area contributed by atoms with Crippen LogP contribution in [0.2, 0.25) is 0 Å². The Balaban J connectivity index is 2.28. The highest BCUT2D eigenvalue weighted by Crippen LogP contribution is 2.29. The predicted octanol–water partition coefficient (Wildman–Crippen LogP) is 1.63. The first kappa shape index (κ1) is 10.7. The van der Waals surface area contributed by atoms with E-state index in [0.29, 0.717) is 25.0 Å². The maximum absolute atomic E-state index is 9.94. The van der Waals surface area contributed by atoms with Gasteiger partial charge in [-0.05, 0) is 31.1 Å². The van der Waals surface area contributed by atoms with Gasteiger partial charge in [-0.3, -0.25) is 0 Å². The number of hydrogen-bond donors (Lipinski definition) is 0. The number of isocyanates is 1. The van der Waals surface area contributed by atoms with Gasteiger partial charge in [0.25, 0.3) is 6.26 Å². The fraction of sp³-hybridized carbons (Fsp3) is 0.800. The van der Waals surface area contributed by atoms with E-state index in [9.17, 15) is 4.79 Å². The lowest BCUT2D eigenvalue weighted by Gasteiger charge is -2.26. The Morgan fingerprint density at radius 1 is 1.43 bits per heavy atom. The number of hydrogen-bond acceptors (Lipinski definition) is 4. The van der Waals surface area contributed by atoms with Gasteiger partial charge in [0.1, 0.15) is 6.61 Å². The molecule has 1 saturated carbocycles. The van der Waals surface area contributed by atoms with Gasteiger partial charge < -0.3 is 4.74 Å². The highest BCUT2D eigenvalue weighted by molar-refractivity contribution is 5.32. The van der Waals surface area contributed by atoms with Crippen LogP contribution in [0, 0.1) is 23.4 Å². The van der Waals surface area contributed by atoms with E-state index in [0.717, 1.165) is 25.7 Å². The van der Waals surface area contributed by atoms with Crippen molar-refractivity contribution in [3.63, 3.8) is 0 Å². The number of ether oxygens (including phenoxy) is 1. The summed E-state index contributed by atoms with van der Waals surface area (Å²) in [5.74, 6) is 0.924. The topological polar surface area (TPSA) is 62.4 Å². The highest BCUT2D eigenvalue weighted by atomic mass is 16.5. The minimum Gasteiger partial charge on any atom is -0.427 e. The Hall–Kier alpha value is -1.33. The number of carbonyl (C=O) groups excluding carboxylic acids is 1. The zero-order valence-corrected chi connectivity index (χ0v) is 8.11. The molecule has 1 fully saturated rings. The van der Waals surface area contributed by atoms with Crippen molar-refractivity contribution in [2.45, 2.75) is 25.7 Å². The summed E-state index contributed by atoms with van der Waals surface area (Å²) in [5.41, 5.74) is 0. The Morgan fingerprint density at radius 2 is 2.21 bits per heavy atom. The van der Waals surface area contributed by atoms with Crippen LogP contribution >= 0.6 is 0 Å². The third-order valence-corrected chi connectivity index (χ3v) is 2.69. The van der Waals surface area contributed by atoms with Crippen molar-refractivity contribution in [3.05, 3.63) is 0 Å². The lowest BCUT2D eigenvalue weighted by Crippen LogP contribution is -2.20. The van der Waals surface area contributed by atoms with E-state index in [1.807, 2.05) is 0 Å². The molecule has 0 spiro atoms. The summed E-state index contributed by atoms with van der Waals surface area (Å²) in [4.78, 5) is 13.5. The van der Waals surface area contributed by atoms with Crippen molar-refractivity contribution in [1.82, 2.24) is 0 Å². The highest BCUT2D eigenvalue weighted by Gasteiger charge is 2.22. The monoisotopic (exact) mass is 194 g/mol. The lowest BCUT2D eigenvalue weighted by atomic mass is 9.82. The smallest absolute Gasteiger partial charge is 0.286 e. The molecular weight excluding hydrogens is 180 g/mol. The van der Waals surface area contributed by atoms with Gasteiger partial charge in [-0.25, -0.2) is 9.79 Å². The molecule has 0 heterocycles. The summed E-state index contributed by atoms with van der Waals surface area (Å²) in [6, 6.07) is 0. The quantitative estimate of drug-likeness (QED) is 0.388. The van der Waals surface area contributed by atoms with Crippen LogP contribution in [0.4, 0.5) is 0 Å². The molecule has 0 N–H and O–H groups in total. The third-order valence-electron chi connectivity index (χ3n) is 2.69. The molecule has 0 amide bonds. The van der Waals surface area contributed by atoms with Gasteiger partial charge in [-0.15, -0.1) is 0 Å². The van der Waals surface area contributed by atoms with Crippen molar-refractivity contribution in [1.29, 1.82) is 5.26 Å². The Bertz CT molecular complexity index is 253. The van der Waals surface area contributed by atoms with Crippen LogP contribution in [-0.4, -0.2) is 19.2 Å². The van der Waals surface area contributed by atoms with E-state index in [2.05, 4.69) is 4.99 Å². The molecule has 1 aliphatic carbocycles. The fourth-order valence-corrected chi connectivity index (χ4v) is 2.04. The summed E-state index contributed by atoms with van der Waals surface area (Å²) in [6.07, 6.45) is 7.63. The van der Waals surface area contributed by atoms with Crippen molar-refractivity contribution in [2.75, 3.05) is 13.2 Å². The van der Waals surface area contributed by atoms with Crippen LogP contribution < -0.4 is 0 Å². The SMILES string of the molecule is N#COCC1CCCC(CN=C=O)C1. The summed E-state index contributed by atoms with van der Waals surface area (Å²) in [6.45, 7) is 1.09. The zero-order chi connectivity index (χ0) is 10.2. The molecule has 2 atom stereocenters. The molecule has 1 rings (SSSR count). The van der Waals surface area contributed by atoms with Gasteiger partial charge in [0.05, 0.1) is 6.54 Å². The Morgan fingerprint density at radius 3 is 2.93 bits per heavy atom. The van der Waals surface area contributed by atoms with E-state index in [4.69, 9.17) is 10.00 Å². The Kier molecular flexibility index (Phi) is 4.74. The van der Waals surface area contributed by atoms with Crippen LogP contribution in [0.5, 0.6) is 0 Å². The van der Waals surface area contributed by atoms with Gasteiger partial charge in [-0.2, -0.15) is 5.26 Å². The minimum absolute atomic E-state index is 0.454. The first-order chi connectivity index (χ1) is 6.86. The number of nitriles is 1. The summed E-state index contributed by atoms with van der Waals surface area (Å²) >= 11 is 0. The number of aliphatic imine (C=N–C) groups is 1. The largest absolute Gasteiger partial charge is 0.427 e. The standard InChI is InChI=1S/C10H14N2O2/c11-7-14-6-10-3-1-2-9(4-10)5-12-8-13/h9-10H,1-6H2. The van der Waals surface area contributed by atoms with Crippen molar-refractivity contribution in [2.24, 2.45) is 16.8 Å². The van der Waals surface area contributed by atoms with Gasteiger partial charge in [0.15, 0.2) is 0 Å². The van der Waals surface area contributed by atoms with Gasteiger partial charge >= 0.3 is 0 Å². The summed E-state index contributed by atoms with van der Waals surface area (Å²) < 4.78 is 4.72. The lowest BCUT2D eigenvalue weighted by molar-refractivity contribution is 0.155. The van der Waals surface area contributed by atoms with Gasteiger partial charge in [-0.1, -0.05) is 6.42 Å². The van der Waals surface area contributed by atoms with Gasteiger partial charge in [0.2, 0.25) is 6.08 Å². The van der Waals surface area contributed by atoms with E-state index in [1.54, 1.807) is 12.3 Å². The average Bonchev–Trinajstić information content (AvgIpc) is 2.24. The summed E-state index contributed by atoms with van der Waals surface area (Å²) in [7, 11) is 0. The summed E-state index contributed by atoms with van der Waals surface area (Å²) in [5, 5.41) is 8.26.